The maximum atomic E-state index is 13.5. The number of hydrogen-bond donors (Lipinski definition) is 2. The summed E-state index contributed by atoms with van der Waals surface area (Å²) in [7, 11) is -3.50. The maximum Gasteiger partial charge on any atom is 0.243 e. The maximum absolute atomic E-state index is 13.5. The van der Waals surface area contributed by atoms with Crippen molar-refractivity contribution < 1.29 is 22.4 Å². The number of amides is 2. The van der Waals surface area contributed by atoms with Crippen molar-refractivity contribution in [3.05, 3.63) is 59.4 Å². The van der Waals surface area contributed by atoms with Crippen LogP contribution in [-0.4, -0.2) is 37.6 Å². The molecule has 2 aromatic rings. The Kier molecular flexibility index (Phi) is 6.06. The zero-order valence-electron chi connectivity index (χ0n) is 16.9. The first-order valence-electron chi connectivity index (χ1n) is 10.3. The van der Waals surface area contributed by atoms with Crippen molar-refractivity contribution in [3.8, 4) is 0 Å². The summed E-state index contributed by atoms with van der Waals surface area (Å²) in [6.07, 6.45) is 2.78. The van der Waals surface area contributed by atoms with Gasteiger partial charge in [0.1, 0.15) is 5.82 Å². The fourth-order valence-electron chi connectivity index (χ4n) is 4.02. The second-order valence-corrected chi connectivity index (χ2v) is 9.80. The molecule has 1 saturated heterocycles. The van der Waals surface area contributed by atoms with Gasteiger partial charge in [0, 0.05) is 31.7 Å². The number of nitrogens with zero attached hydrogens (tertiary/aromatic N) is 1. The molecule has 0 aliphatic carbocycles. The van der Waals surface area contributed by atoms with Crippen LogP contribution < -0.4 is 10.6 Å². The van der Waals surface area contributed by atoms with Crippen LogP contribution in [0.3, 0.4) is 0 Å². The molecule has 0 spiro atoms. The molecule has 2 heterocycles. The topological polar surface area (TPSA) is 95.6 Å². The summed E-state index contributed by atoms with van der Waals surface area (Å²) in [6.45, 7) is 1.28. The van der Waals surface area contributed by atoms with Gasteiger partial charge in [-0.05, 0) is 48.2 Å². The number of piperidine rings is 1. The number of rotatable bonds is 5. The zero-order valence-corrected chi connectivity index (χ0v) is 17.8. The summed E-state index contributed by atoms with van der Waals surface area (Å²) in [5, 5.41) is 5.38. The molecule has 9 heteroatoms. The lowest BCUT2D eigenvalue weighted by atomic mass is 9.89. The molecule has 1 atom stereocenters. The highest BCUT2D eigenvalue weighted by Crippen LogP contribution is 2.33. The number of nitrogens with one attached hydrogen (secondary N) is 2. The van der Waals surface area contributed by atoms with Gasteiger partial charge in [-0.25, -0.2) is 12.8 Å². The molecule has 31 heavy (non-hydrogen) atoms. The lowest BCUT2D eigenvalue weighted by molar-refractivity contribution is -0.126. The van der Waals surface area contributed by atoms with Crippen molar-refractivity contribution in [1.29, 1.82) is 0 Å². The van der Waals surface area contributed by atoms with Crippen LogP contribution in [0.2, 0.25) is 0 Å². The Hall–Kier alpha value is -2.78. The standard InChI is InChI=1S/C22H24FN3O4S/c23-16-6-9-18-19(13-21(27)25-20(18)12-16)22(28)24-14-15-4-7-17(8-5-15)31(29,30)26-10-2-1-3-11-26/h4-9,12,19H,1-3,10-11,13-14H2,(H,24,28)(H,25,27)/t19-/m1/s1. The summed E-state index contributed by atoms with van der Waals surface area (Å²) in [6, 6.07) is 10.4. The van der Waals surface area contributed by atoms with E-state index >= 15 is 0 Å². The largest absolute Gasteiger partial charge is 0.351 e. The van der Waals surface area contributed by atoms with Crippen LogP contribution >= 0.6 is 0 Å². The molecule has 0 radical (unpaired) electrons. The van der Waals surface area contributed by atoms with Crippen molar-refractivity contribution in [2.75, 3.05) is 18.4 Å². The molecule has 4 rings (SSSR count). The van der Waals surface area contributed by atoms with E-state index in [9.17, 15) is 22.4 Å². The molecule has 164 valence electrons. The van der Waals surface area contributed by atoms with Crippen LogP contribution in [0.25, 0.3) is 0 Å². The molecular formula is C22H24FN3O4S. The Morgan fingerprint density at radius 2 is 1.81 bits per heavy atom. The Balaban J connectivity index is 1.42. The number of sulfonamides is 1. The lowest BCUT2D eigenvalue weighted by Crippen LogP contribution is -2.35. The fraction of sp³-hybridized carbons (Fsp3) is 0.364. The van der Waals surface area contributed by atoms with Gasteiger partial charge in [0.15, 0.2) is 0 Å². The highest BCUT2D eigenvalue weighted by Gasteiger charge is 2.31. The van der Waals surface area contributed by atoms with Crippen molar-refractivity contribution in [2.24, 2.45) is 0 Å². The predicted molar refractivity (Wildman–Crippen MR) is 113 cm³/mol. The third-order valence-electron chi connectivity index (χ3n) is 5.71. The molecule has 0 bridgehead atoms. The van der Waals surface area contributed by atoms with E-state index in [4.69, 9.17) is 0 Å². The first-order chi connectivity index (χ1) is 14.8. The lowest BCUT2D eigenvalue weighted by Gasteiger charge is -2.26. The summed E-state index contributed by atoms with van der Waals surface area (Å²) < 4.78 is 40.4. The molecule has 2 aliphatic rings. The van der Waals surface area contributed by atoms with Crippen molar-refractivity contribution in [2.45, 2.75) is 43.0 Å². The van der Waals surface area contributed by atoms with E-state index in [2.05, 4.69) is 10.6 Å². The molecule has 2 amide bonds. The Morgan fingerprint density at radius 1 is 1.10 bits per heavy atom. The fourth-order valence-corrected chi connectivity index (χ4v) is 5.53. The smallest absolute Gasteiger partial charge is 0.243 e. The van der Waals surface area contributed by atoms with E-state index < -0.39 is 21.8 Å². The first-order valence-corrected chi connectivity index (χ1v) is 11.7. The van der Waals surface area contributed by atoms with Crippen LogP contribution in [0.15, 0.2) is 47.4 Å². The molecular weight excluding hydrogens is 421 g/mol. The number of carbonyl (C=O) groups excluding carboxylic acids is 2. The first kappa shape index (κ1) is 21.5. The Bertz CT molecular complexity index is 1100. The summed E-state index contributed by atoms with van der Waals surface area (Å²) in [4.78, 5) is 24.9. The van der Waals surface area contributed by atoms with Gasteiger partial charge in [0.25, 0.3) is 0 Å². The van der Waals surface area contributed by atoms with Gasteiger partial charge >= 0.3 is 0 Å². The number of benzene rings is 2. The van der Waals surface area contributed by atoms with E-state index in [0.717, 1.165) is 24.8 Å². The monoisotopic (exact) mass is 445 g/mol. The van der Waals surface area contributed by atoms with Gasteiger partial charge in [-0.15, -0.1) is 0 Å². The number of hydrogen-bond acceptors (Lipinski definition) is 4. The molecule has 7 nitrogen and oxygen atoms in total. The highest BCUT2D eigenvalue weighted by atomic mass is 32.2. The number of halogens is 1. The third-order valence-corrected chi connectivity index (χ3v) is 7.63. The zero-order chi connectivity index (χ0) is 22.0. The Labute approximate surface area is 180 Å². The normalized spacial score (nSPS) is 19.4. The molecule has 2 N–H and O–H groups in total. The third kappa shape index (κ3) is 4.62. The van der Waals surface area contributed by atoms with Gasteiger partial charge in [-0.1, -0.05) is 24.6 Å². The van der Waals surface area contributed by atoms with Gasteiger partial charge < -0.3 is 10.6 Å². The van der Waals surface area contributed by atoms with Crippen LogP contribution in [0, 0.1) is 5.82 Å². The number of fused-ring (bicyclic) bond motifs is 1. The minimum absolute atomic E-state index is 0.0164. The number of anilines is 1. The second kappa shape index (κ2) is 8.76. The van der Waals surface area contributed by atoms with Crippen LogP contribution in [0.4, 0.5) is 10.1 Å². The summed E-state index contributed by atoms with van der Waals surface area (Å²) in [5.41, 5.74) is 1.62. The van der Waals surface area contributed by atoms with Crippen molar-refractivity contribution >= 4 is 27.5 Å². The van der Waals surface area contributed by atoms with E-state index in [1.807, 2.05) is 0 Å². The van der Waals surface area contributed by atoms with E-state index in [1.165, 1.54) is 22.5 Å². The Morgan fingerprint density at radius 3 is 2.52 bits per heavy atom. The van der Waals surface area contributed by atoms with E-state index in [0.29, 0.717) is 24.3 Å². The predicted octanol–water partition coefficient (Wildman–Crippen LogP) is 2.74. The van der Waals surface area contributed by atoms with E-state index in [1.54, 1.807) is 24.3 Å². The minimum atomic E-state index is -3.50. The van der Waals surface area contributed by atoms with Crippen molar-refractivity contribution in [1.82, 2.24) is 9.62 Å². The molecule has 0 unspecified atom stereocenters. The minimum Gasteiger partial charge on any atom is -0.351 e. The highest BCUT2D eigenvalue weighted by molar-refractivity contribution is 7.89. The summed E-state index contributed by atoms with van der Waals surface area (Å²) in [5.74, 6) is -1.87. The van der Waals surface area contributed by atoms with Crippen LogP contribution in [-0.2, 0) is 26.2 Å². The molecule has 2 aliphatic heterocycles. The SMILES string of the molecule is O=C1C[C@@H](C(=O)NCc2ccc(S(=O)(=O)N3CCCCC3)cc2)c2ccc(F)cc2N1. The molecule has 0 aromatic heterocycles. The molecule has 0 saturated carbocycles. The average molecular weight is 446 g/mol. The molecule has 2 aromatic carbocycles. The van der Waals surface area contributed by atoms with Gasteiger partial charge in [0.05, 0.1) is 10.8 Å². The van der Waals surface area contributed by atoms with E-state index in [-0.39, 0.29) is 29.7 Å². The van der Waals surface area contributed by atoms with Gasteiger partial charge in [-0.2, -0.15) is 4.31 Å². The molecule has 1 fully saturated rings. The van der Waals surface area contributed by atoms with Crippen LogP contribution in [0.1, 0.15) is 42.7 Å². The van der Waals surface area contributed by atoms with Gasteiger partial charge in [-0.3, -0.25) is 9.59 Å². The van der Waals surface area contributed by atoms with Gasteiger partial charge in [0.2, 0.25) is 21.8 Å². The summed E-state index contributed by atoms with van der Waals surface area (Å²) >= 11 is 0. The second-order valence-electron chi connectivity index (χ2n) is 7.86. The quantitative estimate of drug-likeness (QED) is 0.740. The number of carbonyl (C=O) groups is 2. The van der Waals surface area contributed by atoms with Crippen molar-refractivity contribution in [3.63, 3.8) is 0 Å². The van der Waals surface area contributed by atoms with Crippen LogP contribution in [0.5, 0.6) is 0 Å². The average Bonchev–Trinajstić information content (AvgIpc) is 2.77.